The van der Waals surface area contributed by atoms with Crippen LogP contribution in [0, 0.1) is 23.0 Å². The molecule has 3 heteroatoms. The molecule has 112 valence electrons. The lowest BCUT2D eigenvalue weighted by Crippen LogP contribution is -2.42. The van der Waals surface area contributed by atoms with Crippen molar-refractivity contribution in [1.82, 2.24) is 0 Å². The van der Waals surface area contributed by atoms with Crippen molar-refractivity contribution in [2.45, 2.75) is 58.4 Å². The Balaban J connectivity index is 2.12. The summed E-state index contributed by atoms with van der Waals surface area (Å²) in [6.07, 6.45) is 6.55. The van der Waals surface area contributed by atoms with Crippen LogP contribution >= 0.6 is 0 Å². The summed E-state index contributed by atoms with van der Waals surface area (Å²) in [5.41, 5.74) is 7.44. The monoisotopic (exact) mass is 281 g/mol. The topological polar surface area (TPSA) is 26.0 Å². The van der Waals surface area contributed by atoms with E-state index in [0.29, 0.717) is 12.3 Å². The largest absolute Gasteiger partial charge is 0.327 e. The van der Waals surface area contributed by atoms with Gasteiger partial charge in [-0.2, -0.15) is 0 Å². The van der Waals surface area contributed by atoms with Crippen LogP contribution in [0.5, 0.6) is 0 Å². The molecule has 0 aliphatic heterocycles. The quantitative estimate of drug-likeness (QED) is 0.848. The molecule has 1 fully saturated rings. The highest BCUT2D eigenvalue weighted by Crippen LogP contribution is 2.46. The minimum absolute atomic E-state index is 0.0252. The van der Waals surface area contributed by atoms with Crippen LogP contribution in [0.4, 0.5) is 8.78 Å². The number of hydrogen-bond acceptors (Lipinski definition) is 1. The van der Waals surface area contributed by atoms with Gasteiger partial charge in [0.1, 0.15) is 0 Å². The second-order valence-electron chi connectivity index (χ2n) is 6.73. The van der Waals surface area contributed by atoms with Gasteiger partial charge in [-0.25, -0.2) is 8.78 Å². The average molecular weight is 281 g/mol. The van der Waals surface area contributed by atoms with Gasteiger partial charge in [-0.15, -0.1) is 0 Å². The van der Waals surface area contributed by atoms with Gasteiger partial charge in [0.2, 0.25) is 0 Å². The lowest BCUT2D eigenvalue weighted by Gasteiger charge is -2.37. The second-order valence-corrected chi connectivity index (χ2v) is 6.73. The third-order valence-electron chi connectivity index (χ3n) is 4.64. The van der Waals surface area contributed by atoms with Crippen LogP contribution in [0.2, 0.25) is 0 Å². The predicted molar refractivity (Wildman–Crippen MR) is 78.4 cm³/mol. The molecule has 1 aromatic rings. The van der Waals surface area contributed by atoms with Gasteiger partial charge in [-0.3, -0.25) is 0 Å². The zero-order valence-corrected chi connectivity index (χ0v) is 12.5. The molecule has 1 unspecified atom stereocenters. The Labute approximate surface area is 120 Å². The van der Waals surface area contributed by atoms with E-state index in [-0.39, 0.29) is 11.5 Å². The maximum atomic E-state index is 13.3. The number of nitrogens with two attached hydrogens (primary N) is 1. The smallest absolute Gasteiger partial charge is 0.159 e. The predicted octanol–water partition coefficient (Wildman–Crippen LogP) is 4.44. The molecular weight excluding hydrogens is 256 g/mol. The number of hydrogen-bond donors (Lipinski definition) is 1. The van der Waals surface area contributed by atoms with E-state index in [1.165, 1.54) is 25.0 Å². The molecule has 1 aliphatic carbocycles. The molecule has 0 radical (unpaired) electrons. The molecular formula is C17H25F2N. The Morgan fingerprint density at radius 3 is 2.35 bits per heavy atom. The molecule has 0 spiro atoms. The normalized spacial score (nSPS) is 19.5. The molecule has 0 saturated heterocycles. The molecule has 1 aromatic carbocycles. The molecule has 2 N–H and O–H groups in total. The van der Waals surface area contributed by atoms with E-state index in [4.69, 9.17) is 5.73 Å². The van der Waals surface area contributed by atoms with Gasteiger partial charge in [0.25, 0.3) is 0 Å². The van der Waals surface area contributed by atoms with E-state index >= 15 is 0 Å². The maximum absolute atomic E-state index is 13.3. The molecule has 0 amide bonds. The van der Waals surface area contributed by atoms with Crippen molar-refractivity contribution >= 4 is 0 Å². The fraction of sp³-hybridized carbons (Fsp3) is 0.647. The van der Waals surface area contributed by atoms with Crippen molar-refractivity contribution in [2.75, 3.05) is 0 Å². The summed E-state index contributed by atoms with van der Waals surface area (Å²) in [6.45, 7) is 4.45. The van der Waals surface area contributed by atoms with Gasteiger partial charge < -0.3 is 5.73 Å². The van der Waals surface area contributed by atoms with Crippen LogP contribution in [0.25, 0.3) is 0 Å². The Morgan fingerprint density at radius 2 is 1.80 bits per heavy atom. The summed E-state index contributed by atoms with van der Waals surface area (Å²) in [5, 5.41) is 0. The Kier molecular flexibility index (Phi) is 4.79. The van der Waals surface area contributed by atoms with Crippen molar-refractivity contribution in [3.8, 4) is 0 Å². The molecule has 0 bridgehead atoms. The molecule has 1 atom stereocenters. The summed E-state index contributed by atoms with van der Waals surface area (Å²) in [4.78, 5) is 0. The Hall–Kier alpha value is -0.960. The second kappa shape index (κ2) is 6.21. The van der Waals surface area contributed by atoms with E-state index < -0.39 is 11.6 Å². The number of rotatable bonds is 5. The number of benzene rings is 1. The Morgan fingerprint density at radius 1 is 1.15 bits per heavy atom. The fourth-order valence-electron chi connectivity index (χ4n) is 3.76. The lowest BCUT2D eigenvalue weighted by molar-refractivity contribution is 0.181. The van der Waals surface area contributed by atoms with Gasteiger partial charge in [0.15, 0.2) is 11.6 Å². The molecule has 0 aromatic heterocycles. The zero-order chi connectivity index (χ0) is 14.8. The lowest BCUT2D eigenvalue weighted by atomic mass is 9.71. The van der Waals surface area contributed by atoms with Gasteiger partial charge in [-0.05, 0) is 54.7 Å². The van der Waals surface area contributed by atoms with Crippen molar-refractivity contribution in [3.05, 3.63) is 35.4 Å². The van der Waals surface area contributed by atoms with Crippen molar-refractivity contribution in [2.24, 2.45) is 17.1 Å². The summed E-state index contributed by atoms with van der Waals surface area (Å²) in [6, 6.07) is 4.15. The van der Waals surface area contributed by atoms with E-state index in [9.17, 15) is 8.78 Å². The van der Waals surface area contributed by atoms with Crippen molar-refractivity contribution < 1.29 is 8.78 Å². The summed E-state index contributed by atoms with van der Waals surface area (Å²) >= 11 is 0. The minimum atomic E-state index is -0.792. The van der Waals surface area contributed by atoms with Gasteiger partial charge in [0.05, 0.1) is 0 Å². The average Bonchev–Trinajstić information content (AvgIpc) is 2.83. The highest BCUT2D eigenvalue weighted by Gasteiger charge is 2.39. The van der Waals surface area contributed by atoms with E-state index in [0.717, 1.165) is 24.8 Å². The van der Waals surface area contributed by atoms with Crippen LogP contribution in [0.3, 0.4) is 0 Å². The first-order chi connectivity index (χ1) is 9.43. The van der Waals surface area contributed by atoms with Crippen LogP contribution in [-0.4, -0.2) is 6.04 Å². The third-order valence-corrected chi connectivity index (χ3v) is 4.64. The molecule has 0 heterocycles. The summed E-state index contributed by atoms with van der Waals surface area (Å²) in [7, 11) is 0. The SMILES string of the molecule is CC(C)CC1(C(N)Cc2ccc(F)c(F)c2)CCCC1. The summed E-state index contributed by atoms with van der Waals surface area (Å²) < 4.78 is 26.3. The van der Waals surface area contributed by atoms with Gasteiger partial charge in [0, 0.05) is 6.04 Å². The van der Waals surface area contributed by atoms with E-state index in [1.807, 2.05) is 0 Å². The maximum Gasteiger partial charge on any atom is 0.159 e. The fourth-order valence-corrected chi connectivity index (χ4v) is 3.76. The van der Waals surface area contributed by atoms with Crippen LogP contribution in [0.15, 0.2) is 18.2 Å². The third kappa shape index (κ3) is 3.38. The first kappa shape index (κ1) is 15.4. The van der Waals surface area contributed by atoms with Crippen molar-refractivity contribution in [3.63, 3.8) is 0 Å². The van der Waals surface area contributed by atoms with Crippen LogP contribution < -0.4 is 5.73 Å². The van der Waals surface area contributed by atoms with Gasteiger partial charge in [-0.1, -0.05) is 32.8 Å². The Bertz CT molecular complexity index is 450. The standard InChI is InChI=1S/C17H25F2N/c1-12(2)11-17(7-3-4-8-17)16(20)10-13-5-6-14(18)15(19)9-13/h5-6,9,12,16H,3-4,7-8,10-11,20H2,1-2H3. The number of halogens is 2. The van der Waals surface area contributed by atoms with Crippen LogP contribution in [0.1, 0.15) is 51.5 Å². The molecule has 2 rings (SSSR count). The first-order valence-electron chi connectivity index (χ1n) is 7.62. The molecule has 1 aliphatic rings. The van der Waals surface area contributed by atoms with Gasteiger partial charge >= 0.3 is 0 Å². The van der Waals surface area contributed by atoms with Crippen LogP contribution in [-0.2, 0) is 6.42 Å². The highest BCUT2D eigenvalue weighted by atomic mass is 19.2. The minimum Gasteiger partial charge on any atom is -0.327 e. The van der Waals surface area contributed by atoms with Crippen molar-refractivity contribution in [1.29, 1.82) is 0 Å². The summed E-state index contributed by atoms with van der Waals surface area (Å²) in [5.74, 6) is -0.955. The zero-order valence-electron chi connectivity index (χ0n) is 12.5. The highest BCUT2D eigenvalue weighted by molar-refractivity contribution is 5.19. The van der Waals surface area contributed by atoms with E-state index in [1.54, 1.807) is 6.07 Å². The van der Waals surface area contributed by atoms with E-state index in [2.05, 4.69) is 13.8 Å². The first-order valence-corrected chi connectivity index (χ1v) is 7.62. The molecule has 1 saturated carbocycles. The molecule has 20 heavy (non-hydrogen) atoms. The molecule has 1 nitrogen and oxygen atoms in total.